The molecule has 0 saturated heterocycles. The van der Waals surface area contributed by atoms with Gasteiger partial charge < -0.3 is 5.11 Å². The minimum Gasteiger partial charge on any atom is -0.506 e. The van der Waals surface area contributed by atoms with E-state index in [-0.39, 0.29) is 11.4 Å². The van der Waals surface area contributed by atoms with E-state index in [1.165, 1.54) is 10.9 Å². The maximum atomic E-state index is 11.9. The summed E-state index contributed by atoms with van der Waals surface area (Å²) in [6.45, 7) is 0. The Hall–Kier alpha value is -1.19. The predicted molar refractivity (Wildman–Crippen MR) is 89.5 cm³/mol. The SMILES string of the molecule is Cn1cc(Br)c(C(=O)N/N=C/c2cc(Br)cc(Br)c2O)n1. The van der Waals surface area contributed by atoms with E-state index >= 15 is 0 Å². The highest BCUT2D eigenvalue weighted by atomic mass is 79.9. The number of amides is 1. The third-order valence-electron chi connectivity index (χ3n) is 2.43. The summed E-state index contributed by atoms with van der Waals surface area (Å²) in [4.78, 5) is 11.9. The van der Waals surface area contributed by atoms with Gasteiger partial charge in [-0.25, -0.2) is 5.43 Å². The van der Waals surface area contributed by atoms with Crippen molar-refractivity contribution in [1.82, 2.24) is 15.2 Å². The van der Waals surface area contributed by atoms with Gasteiger partial charge in [0.25, 0.3) is 5.91 Å². The average Bonchev–Trinajstić information content (AvgIpc) is 2.74. The molecule has 1 aromatic heterocycles. The molecule has 0 bridgehead atoms. The van der Waals surface area contributed by atoms with E-state index in [9.17, 15) is 9.90 Å². The van der Waals surface area contributed by atoms with E-state index in [4.69, 9.17) is 0 Å². The van der Waals surface area contributed by atoms with Gasteiger partial charge >= 0.3 is 0 Å². The van der Waals surface area contributed by atoms with Crippen molar-refractivity contribution in [2.45, 2.75) is 0 Å². The van der Waals surface area contributed by atoms with Crippen LogP contribution in [0.1, 0.15) is 16.1 Å². The lowest BCUT2D eigenvalue weighted by Gasteiger charge is -2.02. The smallest absolute Gasteiger partial charge is 0.293 e. The van der Waals surface area contributed by atoms with Crippen LogP contribution in [0.3, 0.4) is 0 Å². The van der Waals surface area contributed by atoms with Gasteiger partial charge in [-0.3, -0.25) is 9.48 Å². The fraction of sp³-hybridized carbons (Fsp3) is 0.0833. The van der Waals surface area contributed by atoms with Crippen molar-refractivity contribution in [3.05, 3.63) is 43.0 Å². The molecule has 9 heteroatoms. The van der Waals surface area contributed by atoms with Crippen molar-refractivity contribution in [3.63, 3.8) is 0 Å². The molecule has 0 aliphatic heterocycles. The second-order valence-electron chi connectivity index (χ2n) is 4.02. The fourth-order valence-electron chi connectivity index (χ4n) is 1.51. The van der Waals surface area contributed by atoms with Crippen molar-refractivity contribution < 1.29 is 9.90 Å². The van der Waals surface area contributed by atoms with Gasteiger partial charge in [-0.05, 0) is 44.0 Å². The van der Waals surface area contributed by atoms with Crippen molar-refractivity contribution in [2.24, 2.45) is 12.1 Å². The standard InChI is InChI=1S/C12H9Br3N4O2/c1-19-5-9(15)10(18-19)12(21)17-16-4-6-2-7(13)3-8(14)11(6)20/h2-5,20H,1H3,(H,17,21)/b16-4+. The molecule has 0 aliphatic rings. The first kappa shape index (κ1) is 16.2. The predicted octanol–water partition coefficient (Wildman–Crippen LogP) is 3.18. The molecule has 0 atom stereocenters. The maximum absolute atomic E-state index is 11.9. The number of carbonyl (C=O) groups is 1. The number of hydrazone groups is 1. The van der Waals surface area contributed by atoms with E-state index in [1.807, 2.05) is 0 Å². The summed E-state index contributed by atoms with van der Waals surface area (Å²) in [5, 5.41) is 17.7. The molecule has 21 heavy (non-hydrogen) atoms. The zero-order valence-corrected chi connectivity index (χ0v) is 15.4. The number of rotatable bonds is 3. The van der Waals surface area contributed by atoms with Gasteiger partial charge in [-0.15, -0.1) is 0 Å². The van der Waals surface area contributed by atoms with Crippen molar-refractivity contribution in [2.75, 3.05) is 0 Å². The topological polar surface area (TPSA) is 79.5 Å². The quantitative estimate of drug-likeness (QED) is 0.523. The molecule has 0 fully saturated rings. The van der Waals surface area contributed by atoms with Crippen LogP contribution in [0.5, 0.6) is 5.75 Å². The number of phenolic OH excluding ortho intramolecular Hbond substituents is 1. The van der Waals surface area contributed by atoms with Crippen LogP contribution in [0.4, 0.5) is 0 Å². The number of carbonyl (C=O) groups excluding carboxylic acids is 1. The lowest BCUT2D eigenvalue weighted by molar-refractivity contribution is 0.0948. The minimum atomic E-state index is -0.452. The summed E-state index contributed by atoms with van der Waals surface area (Å²) in [5.41, 5.74) is 3.04. The summed E-state index contributed by atoms with van der Waals surface area (Å²) in [6.07, 6.45) is 3.01. The molecule has 0 spiro atoms. The van der Waals surface area contributed by atoms with Gasteiger partial charge in [0.1, 0.15) is 5.75 Å². The van der Waals surface area contributed by atoms with E-state index < -0.39 is 5.91 Å². The first-order valence-corrected chi connectivity index (χ1v) is 7.97. The highest BCUT2D eigenvalue weighted by Gasteiger charge is 2.13. The third kappa shape index (κ3) is 3.92. The Balaban J connectivity index is 2.13. The van der Waals surface area contributed by atoms with Crippen molar-refractivity contribution in [1.29, 1.82) is 0 Å². The minimum absolute atomic E-state index is 0.0372. The highest BCUT2D eigenvalue weighted by molar-refractivity contribution is 9.11. The molecule has 1 amide bonds. The van der Waals surface area contributed by atoms with Gasteiger partial charge in [0, 0.05) is 23.3 Å². The second-order valence-corrected chi connectivity index (χ2v) is 6.65. The number of nitrogens with zero attached hydrogens (tertiary/aromatic N) is 3. The molecule has 0 aliphatic carbocycles. The number of nitrogens with one attached hydrogen (secondary N) is 1. The summed E-state index contributed by atoms with van der Waals surface area (Å²) >= 11 is 9.76. The normalized spacial score (nSPS) is 11.0. The van der Waals surface area contributed by atoms with E-state index in [0.29, 0.717) is 14.5 Å². The summed E-state index contributed by atoms with van der Waals surface area (Å²) in [6, 6.07) is 3.38. The first-order valence-electron chi connectivity index (χ1n) is 5.59. The molecule has 2 aromatic rings. The first-order chi connectivity index (χ1) is 9.88. The Labute approximate surface area is 145 Å². The van der Waals surface area contributed by atoms with Crippen LogP contribution < -0.4 is 5.43 Å². The van der Waals surface area contributed by atoms with Crippen molar-refractivity contribution >= 4 is 59.9 Å². The van der Waals surface area contributed by atoms with Crippen molar-refractivity contribution in [3.8, 4) is 5.75 Å². The van der Waals surface area contributed by atoms with Gasteiger partial charge in [-0.1, -0.05) is 15.9 Å². The number of aromatic hydroxyl groups is 1. The Morgan fingerprint density at radius 2 is 2.10 bits per heavy atom. The number of hydrogen-bond acceptors (Lipinski definition) is 4. The number of hydrogen-bond donors (Lipinski definition) is 2. The maximum Gasteiger partial charge on any atom is 0.293 e. The summed E-state index contributed by atoms with van der Waals surface area (Å²) in [7, 11) is 1.71. The zero-order chi connectivity index (χ0) is 15.6. The summed E-state index contributed by atoms with van der Waals surface area (Å²) in [5.74, 6) is -0.414. The van der Waals surface area contributed by atoms with Crippen LogP contribution in [0.2, 0.25) is 0 Å². The molecule has 1 aromatic carbocycles. The van der Waals surface area contributed by atoms with Crippen LogP contribution >= 0.6 is 47.8 Å². The molecule has 2 N–H and O–H groups in total. The lowest BCUT2D eigenvalue weighted by atomic mass is 10.2. The Bertz CT molecular complexity index is 728. The molecule has 110 valence electrons. The van der Waals surface area contributed by atoms with E-state index in [1.54, 1.807) is 25.4 Å². The number of phenols is 1. The highest BCUT2D eigenvalue weighted by Crippen LogP contribution is 2.30. The van der Waals surface area contributed by atoms with Crippen LogP contribution in [0.25, 0.3) is 0 Å². The molecule has 6 nitrogen and oxygen atoms in total. The monoisotopic (exact) mass is 478 g/mol. The Morgan fingerprint density at radius 3 is 2.71 bits per heavy atom. The molecule has 0 unspecified atom stereocenters. The van der Waals surface area contributed by atoms with Crippen LogP contribution in [0, 0.1) is 0 Å². The van der Waals surface area contributed by atoms with E-state index in [2.05, 4.69) is 63.4 Å². The van der Waals surface area contributed by atoms with Gasteiger partial charge in [0.15, 0.2) is 5.69 Å². The van der Waals surface area contributed by atoms with Gasteiger partial charge in [-0.2, -0.15) is 10.2 Å². The molecule has 0 radical (unpaired) electrons. The molecular formula is C12H9Br3N4O2. The number of aryl methyl sites for hydroxylation is 1. The average molecular weight is 481 g/mol. The third-order valence-corrected chi connectivity index (χ3v) is 4.07. The Morgan fingerprint density at radius 1 is 1.38 bits per heavy atom. The summed E-state index contributed by atoms with van der Waals surface area (Å²) < 4.78 is 3.38. The largest absolute Gasteiger partial charge is 0.506 e. The lowest BCUT2D eigenvalue weighted by Crippen LogP contribution is -2.19. The molecular weight excluding hydrogens is 472 g/mol. The van der Waals surface area contributed by atoms with Crippen LogP contribution in [-0.2, 0) is 7.05 Å². The Kier molecular flexibility index (Phi) is 5.17. The molecule has 0 saturated carbocycles. The zero-order valence-electron chi connectivity index (χ0n) is 10.6. The molecule has 1 heterocycles. The van der Waals surface area contributed by atoms with Crippen LogP contribution in [0.15, 0.2) is 36.8 Å². The number of halogens is 3. The molecule has 2 rings (SSSR count). The fourth-order valence-corrected chi connectivity index (χ4v) is 3.33. The number of benzene rings is 1. The van der Waals surface area contributed by atoms with Gasteiger partial charge in [0.2, 0.25) is 0 Å². The van der Waals surface area contributed by atoms with Gasteiger partial charge in [0.05, 0.1) is 15.2 Å². The number of aromatic nitrogens is 2. The van der Waals surface area contributed by atoms with Crippen LogP contribution in [-0.4, -0.2) is 27.0 Å². The second kappa shape index (κ2) is 6.71. The van der Waals surface area contributed by atoms with E-state index in [0.717, 1.165) is 4.47 Å².